The summed E-state index contributed by atoms with van der Waals surface area (Å²) in [6.45, 7) is 0. The molecule has 0 nitrogen and oxygen atoms in total. The number of hydrogen-bond donors (Lipinski definition) is 0. The minimum Gasteiger partial charge on any atom is -0.0622 e. The van der Waals surface area contributed by atoms with Gasteiger partial charge in [-0.05, 0) is 139 Å². The lowest BCUT2D eigenvalue weighted by Crippen LogP contribution is -2.26. The van der Waals surface area contributed by atoms with Crippen LogP contribution in [0.4, 0.5) is 0 Å². The van der Waals surface area contributed by atoms with Crippen molar-refractivity contribution in [1.82, 2.24) is 0 Å². The molecule has 0 fully saturated rings. The molecule has 0 saturated heterocycles. The molecule has 0 bridgehead atoms. The van der Waals surface area contributed by atoms with Crippen molar-refractivity contribution in [3.63, 3.8) is 0 Å². The van der Waals surface area contributed by atoms with Crippen LogP contribution in [0.5, 0.6) is 0 Å². The third-order valence-electron chi connectivity index (χ3n) is 13.2. The Morgan fingerprint density at radius 2 is 0.719 bits per heavy atom. The maximum Gasteiger partial charge on any atom is 0.0731 e. The van der Waals surface area contributed by atoms with E-state index in [1.165, 1.54) is 121 Å². The van der Waals surface area contributed by atoms with Crippen molar-refractivity contribution in [1.29, 1.82) is 0 Å². The van der Waals surface area contributed by atoms with Crippen molar-refractivity contribution in [2.24, 2.45) is 0 Å². The van der Waals surface area contributed by atoms with Crippen LogP contribution in [-0.2, 0) is 5.41 Å². The fourth-order valence-electron chi connectivity index (χ4n) is 11.1. The second kappa shape index (κ2) is 11.4. The third-order valence-corrected chi connectivity index (χ3v) is 13.2. The minimum absolute atomic E-state index is 0.470. The van der Waals surface area contributed by atoms with Gasteiger partial charge in [0.2, 0.25) is 0 Å². The second-order valence-electron chi connectivity index (χ2n) is 15.8. The van der Waals surface area contributed by atoms with Gasteiger partial charge in [0.25, 0.3) is 0 Å². The molecule has 0 amide bonds. The molecule has 1 spiro atoms. The predicted octanol–water partition coefficient (Wildman–Crippen LogP) is 15.1. The molecule has 13 rings (SSSR count). The number of hydrogen-bond acceptors (Lipinski definition) is 0. The SMILES string of the molecule is c1ccc(-c2c3ccccc3c(-c3ccc4c5c(c6ccccc6c4c3)-c3cc4ccccc4cc3C53c4ccccc4-c4ccccc43)c3ccccc23)cc1. The summed E-state index contributed by atoms with van der Waals surface area (Å²) in [4.78, 5) is 0. The van der Waals surface area contributed by atoms with Gasteiger partial charge in [-0.25, -0.2) is 0 Å². The predicted molar refractivity (Wildman–Crippen MR) is 241 cm³/mol. The third kappa shape index (κ3) is 3.97. The molecule has 2 aliphatic rings. The van der Waals surface area contributed by atoms with E-state index < -0.39 is 5.41 Å². The normalized spacial score (nSPS) is 13.4. The van der Waals surface area contributed by atoms with E-state index >= 15 is 0 Å². The Labute approximate surface area is 330 Å². The highest BCUT2D eigenvalue weighted by molar-refractivity contribution is 6.24. The molecule has 0 saturated carbocycles. The van der Waals surface area contributed by atoms with E-state index in [2.05, 4.69) is 206 Å². The lowest BCUT2D eigenvalue weighted by molar-refractivity contribution is 0.803. The highest BCUT2D eigenvalue weighted by Gasteiger charge is 2.53. The largest absolute Gasteiger partial charge is 0.0731 e. The van der Waals surface area contributed by atoms with Crippen LogP contribution >= 0.6 is 0 Å². The van der Waals surface area contributed by atoms with Gasteiger partial charge in [-0.2, -0.15) is 0 Å². The van der Waals surface area contributed by atoms with Gasteiger partial charge >= 0.3 is 0 Å². The van der Waals surface area contributed by atoms with Crippen LogP contribution in [0, 0.1) is 0 Å². The van der Waals surface area contributed by atoms with Crippen LogP contribution in [0.1, 0.15) is 22.3 Å². The van der Waals surface area contributed by atoms with Crippen molar-refractivity contribution >= 4 is 53.9 Å². The summed E-state index contributed by atoms with van der Waals surface area (Å²) < 4.78 is 0. The first kappa shape index (κ1) is 31.0. The Bertz CT molecular complexity index is 3410. The highest BCUT2D eigenvalue weighted by atomic mass is 14.5. The topological polar surface area (TPSA) is 0 Å². The van der Waals surface area contributed by atoms with Crippen LogP contribution in [0.25, 0.3) is 98.4 Å². The van der Waals surface area contributed by atoms with E-state index in [4.69, 9.17) is 0 Å². The van der Waals surface area contributed by atoms with Crippen molar-refractivity contribution in [2.45, 2.75) is 5.41 Å². The van der Waals surface area contributed by atoms with E-state index in [-0.39, 0.29) is 0 Å². The molecular weight excluding hydrogens is 685 g/mol. The molecule has 0 aliphatic heterocycles. The van der Waals surface area contributed by atoms with E-state index in [1.807, 2.05) is 0 Å². The molecule has 0 N–H and O–H groups in total. The fraction of sp³-hybridized carbons (Fsp3) is 0.0175. The molecule has 11 aromatic rings. The smallest absolute Gasteiger partial charge is 0.0622 e. The maximum atomic E-state index is 2.51. The average Bonchev–Trinajstić information content (AvgIpc) is 3.75. The van der Waals surface area contributed by atoms with Crippen LogP contribution in [0.2, 0.25) is 0 Å². The zero-order valence-electron chi connectivity index (χ0n) is 31.1. The molecule has 262 valence electrons. The standard InChI is InChI=1S/C57H34/c1-2-16-35(17-3-1)53-43-24-8-10-26-45(43)54(46-27-11-9-25-44(46)53)38-30-31-47-48(33-38)39-20-6-7-23-42(39)55-49-32-36-18-4-5-19-37(36)34-52(49)57(56(47)55)50-28-14-12-21-40(50)41-22-13-15-29-51(41)57/h1-34H. The van der Waals surface area contributed by atoms with Crippen LogP contribution in [0.15, 0.2) is 206 Å². The number of benzene rings is 11. The van der Waals surface area contributed by atoms with Crippen molar-refractivity contribution in [3.05, 3.63) is 229 Å². The first-order valence-electron chi connectivity index (χ1n) is 20.0. The summed E-state index contributed by atoms with van der Waals surface area (Å²) in [5, 5.41) is 12.8. The molecule has 57 heavy (non-hydrogen) atoms. The lowest BCUT2D eigenvalue weighted by Gasteiger charge is -2.32. The fourth-order valence-corrected chi connectivity index (χ4v) is 11.1. The highest BCUT2D eigenvalue weighted by Crippen LogP contribution is 2.66. The molecule has 0 heterocycles. The summed E-state index contributed by atoms with van der Waals surface area (Å²) in [7, 11) is 0. The van der Waals surface area contributed by atoms with Gasteiger partial charge in [0.05, 0.1) is 5.41 Å². The monoisotopic (exact) mass is 718 g/mol. The minimum atomic E-state index is -0.470. The van der Waals surface area contributed by atoms with Gasteiger partial charge in [0, 0.05) is 0 Å². The molecular formula is C57H34. The summed E-state index contributed by atoms with van der Waals surface area (Å²) in [6.07, 6.45) is 0. The van der Waals surface area contributed by atoms with E-state index in [1.54, 1.807) is 0 Å². The van der Waals surface area contributed by atoms with Gasteiger partial charge in [-0.15, -0.1) is 0 Å². The van der Waals surface area contributed by atoms with E-state index in [0.717, 1.165) is 0 Å². The van der Waals surface area contributed by atoms with Crippen LogP contribution in [0.3, 0.4) is 0 Å². The van der Waals surface area contributed by atoms with Gasteiger partial charge < -0.3 is 0 Å². The summed E-state index contributed by atoms with van der Waals surface area (Å²) in [6, 6.07) is 77.6. The van der Waals surface area contributed by atoms with Crippen molar-refractivity contribution < 1.29 is 0 Å². The Balaban J connectivity index is 1.20. The summed E-state index contributed by atoms with van der Waals surface area (Å²) >= 11 is 0. The first-order valence-corrected chi connectivity index (χ1v) is 20.0. The Morgan fingerprint density at radius 1 is 0.246 bits per heavy atom. The number of rotatable bonds is 2. The van der Waals surface area contributed by atoms with Gasteiger partial charge in [0.1, 0.15) is 0 Å². The van der Waals surface area contributed by atoms with E-state index in [9.17, 15) is 0 Å². The zero-order valence-corrected chi connectivity index (χ0v) is 31.1. The average molecular weight is 719 g/mol. The molecule has 2 aliphatic carbocycles. The Hall–Kier alpha value is -7.28. The maximum absolute atomic E-state index is 2.51. The van der Waals surface area contributed by atoms with E-state index in [0.29, 0.717) is 0 Å². The molecule has 0 unspecified atom stereocenters. The Morgan fingerprint density at radius 3 is 1.33 bits per heavy atom. The van der Waals surface area contributed by atoms with Gasteiger partial charge in [-0.1, -0.05) is 188 Å². The summed E-state index contributed by atoms with van der Waals surface area (Å²) in [5.74, 6) is 0. The quantitative estimate of drug-likeness (QED) is 0.123. The van der Waals surface area contributed by atoms with Crippen LogP contribution in [-0.4, -0.2) is 0 Å². The molecule has 11 aromatic carbocycles. The molecule has 0 radical (unpaired) electrons. The Kier molecular flexibility index (Phi) is 6.19. The summed E-state index contributed by atoms with van der Waals surface area (Å²) in [5.41, 5.74) is 15.5. The zero-order chi connectivity index (χ0) is 37.2. The lowest BCUT2D eigenvalue weighted by atomic mass is 9.69. The number of fused-ring (bicyclic) bond motifs is 18. The second-order valence-corrected chi connectivity index (χ2v) is 15.8. The van der Waals surface area contributed by atoms with Gasteiger partial charge in [-0.3, -0.25) is 0 Å². The van der Waals surface area contributed by atoms with Crippen LogP contribution < -0.4 is 0 Å². The molecule has 0 aromatic heterocycles. The van der Waals surface area contributed by atoms with Gasteiger partial charge in [0.15, 0.2) is 0 Å². The first-order chi connectivity index (χ1) is 28.3. The van der Waals surface area contributed by atoms with Crippen molar-refractivity contribution in [2.75, 3.05) is 0 Å². The molecule has 0 heteroatoms. The van der Waals surface area contributed by atoms with Crippen molar-refractivity contribution in [3.8, 4) is 44.5 Å². The molecule has 0 atom stereocenters.